The minimum Gasteiger partial charge on any atom is -0.428 e. The van der Waals surface area contributed by atoms with Gasteiger partial charge in [-0.3, -0.25) is 4.79 Å². The summed E-state index contributed by atoms with van der Waals surface area (Å²) < 4.78 is 4.74. The minimum atomic E-state index is 0. The van der Waals surface area contributed by atoms with Crippen LogP contribution < -0.4 is 4.74 Å². The number of rotatable bonds is 2. The van der Waals surface area contributed by atoms with Crippen LogP contribution in [0.5, 0.6) is 5.75 Å². The summed E-state index contributed by atoms with van der Waals surface area (Å²) in [6.07, 6.45) is 0. The molecule has 2 nitrogen and oxygen atoms in total. The fraction of sp³-hybridized carbons (Fsp3) is 0.300. The average Bonchev–Trinajstić information content (AvgIpc) is 1.98. The van der Waals surface area contributed by atoms with Crippen LogP contribution in [0.2, 0.25) is 0 Å². The molecule has 0 aromatic heterocycles. The molecule has 0 unspecified atom stereocenters. The summed E-state index contributed by atoms with van der Waals surface area (Å²) in [5.41, 5.74) is 2.06. The van der Waals surface area contributed by atoms with Crippen LogP contribution in [0.1, 0.15) is 18.6 Å². The maximum Gasteiger partial charge on any atom is 0.298 e. The van der Waals surface area contributed by atoms with E-state index in [2.05, 4.69) is 0 Å². The molecule has 0 radical (unpaired) electrons. The Morgan fingerprint density at radius 1 is 1.33 bits per heavy atom. The van der Waals surface area contributed by atoms with Crippen LogP contribution >= 0.6 is 0 Å². The molecular formula is C10H14O2. The Bertz CT molecular complexity index is 267. The highest BCUT2D eigenvalue weighted by molar-refractivity contribution is 5.48. The average molecular weight is 166 g/mol. The number of carbonyl (C=O) groups is 1. The lowest BCUT2D eigenvalue weighted by molar-refractivity contribution is -0.120. The van der Waals surface area contributed by atoms with Crippen molar-refractivity contribution in [3.63, 3.8) is 0 Å². The van der Waals surface area contributed by atoms with Crippen molar-refractivity contribution in [3.8, 4) is 5.75 Å². The third-order valence-corrected chi connectivity index (χ3v) is 1.52. The van der Waals surface area contributed by atoms with E-state index in [4.69, 9.17) is 4.74 Å². The van der Waals surface area contributed by atoms with Crippen LogP contribution in [0.3, 0.4) is 0 Å². The van der Waals surface area contributed by atoms with Crippen molar-refractivity contribution in [2.24, 2.45) is 0 Å². The lowest BCUT2D eigenvalue weighted by atomic mass is 10.1. The molecule has 1 aromatic rings. The second-order valence-corrected chi connectivity index (χ2v) is 2.48. The zero-order chi connectivity index (χ0) is 8.27. The highest BCUT2D eigenvalue weighted by Gasteiger charge is 1.97. The minimum absolute atomic E-state index is 0. The molecule has 0 bridgehead atoms. The predicted octanol–water partition coefficient (Wildman–Crippen LogP) is 2.47. The monoisotopic (exact) mass is 166 g/mol. The van der Waals surface area contributed by atoms with E-state index in [1.807, 2.05) is 32.0 Å². The topological polar surface area (TPSA) is 26.3 Å². The van der Waals surface area contributed by atoms with Crippen molar-refractivity contribution in [1.82, 2.24) is 0 Å². The fourth-order valence-corrected chi connectivity index (χ4v) is 0.886. The first kappa shape index (κ1) is 10.7. The molecule has 0 aliphatic heterocycles. The van der Waals surface area contributed by atoms with Gasteiger partial charge >= 0.3 is 0 Å². The molecular weight excluding hydrogens is 152 g/mol. The van der Waals surface area contributed by atoms with Gasteiger partial charge in [0.05, 0.1) is 0 Å². The highest BCUT2D eigenvalue weighted by atomic mass is 16.5. The van der Waals surface area contributed by atoms with E-state index < -0.39 is 0 Å². The molecule has 2 heteroatoms. The number of aryl methyl sites for hydroxylation is 2. The fourth-order valence-electron chi connectivity index (χ4n) is 0.886. The standard InChI is InChI=1S/C9H10O2.CH4/c1-7-3-4-8(2)9(5-7)11-6-10;/h3-6H,1-2H3;1H4. The van der Waals surface area contributed by atoms with E-state index in [9.17, 15) is 4.79 Å². The molecule has 0 spiro atoms. The molecule has 66 valence electrons. The Labute approximate surface area is 73.2 Å². The van der Waals surface area contributed by atoms with Gasteiger partial charge < -0.3 is 4.74 Å². The summed E-state index contributed by atoms with van der Waals surface area (Å²) in [4.78, 5) is 10.0. The van der Waals surface area contributed by atoms with Gasteiger partial charge in [-0.05, 0) is 31.0 Å². The Morgan fingerprint density at radius 2 is 2.00 bits per heavy atom. The smallest absolute Gasteiger partial charge is 0.298 e. The first-order valence-corrected chi connectivity index (χ1v) is 3.41. The molecule has 12 heavy (non-hydrogen) atoms. The summed E-state index contributed by atoms with van der Waals surface area (Å²) in [5.74, 6) is 0.639. The van der Waals surface area contributed by atoms with Gasteiger partial charge in [0.25, 0.3) is 6.47 Å². The maximum atomic E-state index is 10.0. The third-order valence-electron chi connectivity index (χ3n) is 1.52. The summed E-state index contributed by atoms with van der Waals surface area (Å²) in [6, 6.07) is 5.74. The number of benzene rings is 1. The van der Waals surface area contributed by atoms with E-state index in [0.717, 1.165) is 11.1 Å². The van der Waals surface area contributed by atoms with E-state index in [1.54, 1.807) is 0 Å². The Morgan fingerprint density at radius 3 is 2.58 bits per heavy atom. The quantitative estimate of drug-likeness (QED) is 0.631. The van der Waals surface area contributed by atoms with Crippen molar-refractivity contribution >= 4 is 6.47 Å². The van der Waals surface area contributed by atoms with Crippen molar-refractivity contribution in [3.05, 3.63) is 29.3 Å². The van der Waals surface area contributed by atoms with Crippen LogP contribution in [-0.4, -0.2) is 6.47 Å². The van der Waals surface area contributed by atoms with Gasteiger partial charge in [-0.1, -0.05) is 19.6 Å². The first-order chi connectivity index (χ1) is 5.24. The maximum absolute atomic E-state index is 10.0. The highest BCUT2D eigenvalue weighted by Crippen LogP contribution is 2.17. The van der Waals surface area contributed by atoms with E-state index in [-0.39, 0.29) is 7.43 Å². The lowest BCUT2D eigenvalue weighted by Gasteiger charge is -2.02. The first-order valence-electron chi connectivity index (χ1n) is 3.41. The summed E-state index contributed by atoms with van der Waals surface area (Å²) in [5, 5.41) is 0. The van der Waals surface area contributed by atoms with Gasteiger partial charge in [0, 0.05) is 0 Å². The lowest BCUT2D eigenvalue weighted by Crippen LogP contribution is -1.91. The molecule has 0 aliphatic rings. The zero-order valence-electron chi connectivity index (χ0n) is 6.63. The predicted molar refractivity (Wildman–Crippen MR) is 49.3 cm³/mol. The van der Waals surface area contributed by atoms with Crippen molar-refractivity contribution < 1.29 is 9.53 Å². The number of hydrogen-bond donors (Lipinski definition) is 0. The molecule has 1 aromatic carbocycles. The van der Waals surface area contributed by atoms with E-state index in [1.165, 1.54) is 0 Å². The molecule has 1 rings (SSSR count). The molecule has 0 atom stereocenters. The van der Waals surface area contributed by atoms with Crippen LogP contribution in [0.4, 0.5) is 0 Å². The van der Waals surface area contributed by atoms with Crippen molar-refractivity contribution in [1.29, 1.82) is 0 Å². The van der Waals surface area contributed by atoms with Gasteiger partial charge in [0.15, 0.2) is 0 Å². The van der Waals surface area contributed by atoms with Gasteiger partial charge in [-0.25, -0.2) is 0 Å². The number of hydrogen-bond acceptors (Lipinski definition) is 2. The van der Waals surface area contributed by atoms with Crippen molar-refractivity contribution in [2.45, 2.75) is 21.3 Å². The second-order valence-electron chi connectivity index (χ2n) is 2.48. The molecule has 0 fully saturated rings. The van der Waals surface area contributed by atoms with Gasteiger partial charge in [-0.15, -0.1) is 0 Å². The summed E-state index contributed by atoms with van der Waals surface area (Å²) in [7, 11) is 0. The molecule has 0 heterocycles. The van der Waals surface area contributed by atoms with Gasteiger partial charge in [0.1, 0.15) is 5.75 Å². The number of carbonyl (C=O) groups excluding carboxylic acids is 1. The summed E-state index contributed by atoms with van der Waals surface area (Å²) >= 11 is 0. The van der Waals surface area contributed by atoms with Gasteiger partial charge in [-0.2, -0.15) is 0 Å². The van der Waals surface area contributed by atoms with E-state index in [0.29, 0.717) is 12.2 Å². The molecule has 0 amide bonds. The zero-order valence-corrected chi connectivity index (χ0v) is 6.63. The second kappa shape index (κ2) is 4.54. The van der Waals surface area contributed by atoms with Crippen LogP contribution in [0.25, 0.3) is 0 Å². The van der Waals surface area contributed by atoms with Crippen LogP contribution in [0.15, 0.2) is 18.2 Å². The third kappa shape index (κ3) is 2.38. The molecule has 0 aliphatic carbocycles. The van der Waals surface area contributed by atoms with E-state index >= 15 is 0 Å². The van der Waals surface area contributed by atoms with Crippen LogP contribution in [-0.2, 0) is 4.79 Å². The molecule has 0 N–H and O–H groups in total. The Hall–Kier alpha value is -1.31. The Kier molecular flexibility index (Phi) is 4.05. The molecule has 0 saturated heterocycles. The normalized spacial score (nSPS) is 8.50. The van der Waals surface area contributed by atoms with Crippen molar-refractivity contribution in [2.75, 3.05) is 0 Å². The SMILES string of the molecule is C.Cc1ccc(C)c(OC=O)c1. The van der Waals surface area contributed by atoms with Crippen LogP contribution in [0, 0.1) is 13.8 Å². The Balaban J connectivity index is 0.00000121. The summed E-state index contributed by atoms with van der Waals surface area (Å²) in [6.45, 7) is 4.30. The van der Waals surface area contributed by atoms with Gasteiger partial charge in [0.2, 0.25) is 0 Å². The molecule has 0 saturated carbocycles. The largest absolute Gasteiger partial charge is 0.428 e. The number of ether oxygens (including phenoxy) is 1.